The Bertz CT molecular complexity index is 540. The molecule has 0 aliphatic carbocycles. The molecule has 0 fully saturated rings. The maximum Gasteiger partial charge on any atom is 0.342 e. The van der Waals surface area contributed by atoms with Crippen LogP contribution >= 0.6 is 12.2 Å². The molecular weight excluding hydrogens is 284 g/mol. The second kappa shape index (κ2) is 5.76. The third-order valence-electron chi connectivity index (χ3n) is 3.39. The summed E-state index contributed by atoms with van der Waals surface area (Å²) in [7, 11) is 0. The molecular formula is C17H24O3S. The van der Waals surface area contributed by atoms with Crippen LogP contribution in [0, 0.1) is 0 Å². The zero-order valence-corrected chi connectivity index (χ0v) is 14.4. The van der Waals surface area contributed by atoms with Crippen molar-refractivity contribution in [2.75, 3.05) is 0 Å². The number of aromatic hydroxyl groups is 1. The van der Waals surface area contributed by atoms with Gasteiger partial charge in [-0.15, -0.1) is 0 Å². The van der Waals surface area contributed by atoms with Gasteiger partial charge in [-0.05, 0) is 27.5 Å². The Balaban J connectivity index is 3.48. The van der Waals surface area contributed by atoms with Crippen LogP contribution in [0.4, 0.5) is 0 Å². The van der Waals surface area contributed by atoms with Gasteiger partial charge < -0.3 is 10.2 Å². The van der Waals surface area contributed by atoms with E-state index in [0.717, 1.165) is 16.7 Å². The SMILES string of the molecule is CC(C)(C)c1cc(CC(=S)C(=O)O)cc(C(C)(C)C)c1O. The number of carboxylic acid groups (broad SMARTS) is 1. The fourth-order valence-electron chi connectivity index (χ4n) is 2.20. The maximum absolute atomic E-state index is 10.9. The Labute approximate surface area is 132 Å². The van der Waals surface area contributed by atoms with Crippen molar-refractivity contribution in [2.24, 2.45) is 0 Å². The van der Waals surface area contributed by atoms with Gasteiger partial charge in [-0.25, -0.2) is 4.79 Å². The van der Waals surface area contributed by atoms with Crippen LogP contribution in [0.5, 0.6) is 5.75 Å². The molecule has 4 heteroatoms. The summed E-state index contributed by atoms with van der Waals surface area (Å²) in [6.45, 7) is 12.1. The molecule has 0 unspecified atom stereocenters. The standard InChI is InChI=1S/C17H24O3S/c1-16(2,3)11-7-10(9-13(21)15(19)20)8-12(14(11)18)17(4,5)6/h7-8,18H,9H2,1-6H3,(H,19,20). The van der Waals surface area contributed by atoms with Crippen molar-refractivity contribution >= 4 is 23.1 Å². The highest BCUT2D eigenvalue weighted by molar-refractivity contribution is 7.82. The van der Waals surface area contributed by atoms with Crippen molar-refractivity contribution in [3.8, 4) is 5.75 Å². The number of phenols is 1. The minimum atomic E-state index is -1.06. The quantitative estimate of drug-likeness (QED) is 0.829. The molecule has 0 spiro atoms. The number of hydrogen-bond acceptors (Lipinski definition) is 3. The average Bonchev–Trinajstić information content (AvgIpc) is 2.27. The van der Waals surface area contributed by atoms with Gasteiger partial charge in [0.25, 0.3) is 0 Å². The molecule has 0 bridgehead atoms. The molecule has 21 heavy (non-hydrogen) atoms. The molecule has 3 nitrogen and oxygen atoms in total. The Morgan fingerprint density at radius 2 is 1.43 bits per heavy atom. The third-order valence-corrected chi connectivity index (χ3v) is 3.71. The summed E-state index contributed by atoms with van der Waals surface area (Å²) in [6.07, 6.45) is 0.205. The largest absolute Gasteiger partial charge is 0.507 e. The highest BCUT2D eigenvalue weighted by Crippen LogP contribution is 2.39. The smallest absolute Gasteiger partial charge is 0.342 e. The zero-order valence-electron chi connectivity index (χ0n) is 13.6. The van der Waals surface area contributed by atoms with E-state index in [2.05, 4.69) is 0 Å². The third kappa shape index (κ3) is 4.27. The molecule has 1 aromatic rings. The number of phenolic OH excluding ortho intramolecular Hbond substituents is 1. The first-order valence-corrected chi connectivity index (χ1v) is 7.38. The Morgan fingerprint density at radius 1 is 1.05 bits per heavy atom. The van der Waals surface area contributed by atoms with E-state index in [1.54, 1.807) is 0 Å². The molecule has 0 amide bonds. The lowest BCUT2D eigenvalue weighted by atomic mass is 9.78. The Kier molecular flexibility index (Phi) is 4.83. The fourth-order valence-corrected chi connectivity index (χ4v) is 2.37. The van der Waals surface area contributed by atoms with Crippen molar-refractivity contribution in [1.29, 1.82) is 0 Å². The molecule has 2 N–H and O–H groups in total. The first-order chi connectivity index (χ1) is 9.34. The molecule has 0 saturated carbocycles. The normalized spacial score (nSPS) is 12.3. The summed E-state index contributed by atoms with van der Waals surface area (Å²) >= 11 is 4.90. The molecule has 0 heterocycles. The van der Waals surface area contributed by atoms with Gasteiger partial charge in [0, 0.05) is 6.42 Å². The highest BCUT2D eigenvalue weighted by atomic mass is 32.1. The maximum atomic E-state index is 10.9. The molecule has 116 valence electrons. The topological polar surface area (TPSA) is 57.5 Å². The summed E-state index contributed by atoms with van der Waals surface area (Å²) < 4.78 is 0. The van der Waals surface area contributed by atoms with Gasteiger partial charge in [-0.2, -0.15) is 0 Å². The molecule has 0 aliphatic rings. The average molecular weight is 308 g/mol. The number of aliphatic carboxylic acids is 1. The first kappa shape index (κ1) is 17.6. The van der Waals surface area contributed by atoms with Crippen LogP contribution < -0.4 is 0 Å². The van der Waals surface area contributed by atoms with E-state index < -0.39 is 5.97 Å². The van der Waals surface area contributed by atoms with E-state index in [4.69, 9.17) is 17.3 Å². The number of carboxylic acids is 1. The van der Waals surface area contributed by atoms with Crippen LogP contribution in [0.1, 0.15) is 58.2 Å². The van der Waals surface area contributed by atoms with E-state index in [1.165, 1.54) is 0 Å². The van der Waals surface area contributed by atoms with Crippen molar-refractivity contribution in [2.45, 2.75) is 58.8 Å². The molecule has 0 atom stereocenters. The summed E-state index contributed by atoms with van der Waals surface area (Å²) in [5, 5.41) is 19.5. The first-order valence-electron chi connectivity index (χ1n) is 6.97. The fraction of sp³-hybridized carbons (Fsp3) is 0.529. The number of thiocarbonyl (C=S) groups is 1. The van der Waals surface area contributed by atoms with Crippen LogP contribution in [0.3, 0.4) is 0 Å². The lowest BCUT2D eigenvalue weighted by molar-refractivity contribution is -0.129. The van der Waals surface area contributed by atoms with Crippen LogP contribution in [-0.2, 0) is 22.0 Å². The minimum absolute atomic E-state index is 0.0135. The molecule has 0 aliphatic heterocycles. The van der Waals surface area contributed by atoms with Crippen LogP contribution in [-0.4, -0.2) is 21.0 Å². The van der Waals surface area contributed by atoms with E-state index in [9.17, 15) is 9.90 Å². The van der Waals surface area contributed by atoms with Gasteiger partial charge in [-0.1, -0.05) is 65.9 Å². The van der Waals surface area contributed by atoms with Crippen molar-refractivity contribution in [1.82, 2.24) is 0 Å². The number of benzene rings is 1. The van der Waals surface area contributed by atoms with E-state index in [-0.39, 0.29) is 22.1 Å². The van der Waals surface area contributed by atoms with Crippen molar-refractivity contribution < 1.29 is 15.0 Å². The van der Waals surface area contributed by atoms with Gasteiger partial charge in [0.05, 0.1) is 0 Å². The van der Waals surface area contributed by atoms with E-state index in [1.807, 2.05) is 53.7 Å². The van der Waals surface area contributed by atoms with Crippen molar-refractivity contribution in [3.05, 3.63) is 28.8 Å². The zero-order chi connectivity index (χ0) is 16.6. The predicted molar refractivity (Wildman–Crippen MR) is 89.4 cm³/mol. The molecule has 0 aromatic heterocycles. The summed E-state index contributed by atoms with van der Waals surface area (Å²) in [5.74, 6) is -0.771. The van der Waals surface area contributed by atoms with Gasteiger partial charge in [0.2, 0.25) is 0 Å². The van der Waals surface area contributed by atoms with E-state index in [0.29, 0.717) is 5.75 Å². The van der Waals surface area contributed by atoms with Gasteiger partial charge in [0.15, 0.2) is 0 Å². The molecule has 1 rings (SSSR count). The van der Waals surface area contributed by atoms with Crippen LogP contribution in [0.25, 0.3) is 0 Å². The number of carbonyl (C=O) groups is 1. The monoisotopic (exact) mass is 308 g/mol. The molecule has 0 saturated heterocycles. The molecule has 0 radical (unpaired) electrons. The Morgan fingerprint density at radius 3 is 1.71 bits per heavy atom. The van der Waals surface area contributed by atoms with Gasteiger partial charge in [0.1, 0.15) is 10.6 Å². The van der Waals surface area contributed by atoms with Gasteiger partial charge in [-0.3, -0.25) is 0 Å². The number of rotatable bonds is 3. The predicted octanol–water partition coefficient (Wildman–Crippen LogP) is 3.98. The molecule has 1 aromatic carbocycles. The highest BCUT2D eigenvalue weighted by Gasteiger charge is 2.26. The lowest BCUT2D eigenvalue weighted by Gasteiger charge is -2.28. The summed E-state index contributed by atoms with van der Waals surface area (Å²) in [6, 6.07) is 3.72. The van der Waals surface area contributed by atoms with Gasteiger partial charge >= 0.3 is 5.97 Å². The second-order valence-electron chi connectivity index (χ2n) is 7.44. The van der Waals surface area contributed by atoms with Crippen molar-refractivity contribution in [3.63, 3.8) is 0 Å². The Hall–Kier alpha value is -1.42. The minimum Gasteiger partial charge on any atom is -0.507 e. The summed E-state index contributed by atoms with van der Waals surface area (Å²) in [5.41, 5.74) is 2.00. The summed E-state index contributed by atoms with van der Waals surface area (Å²) in [4.78, 5) is 10.9. The van der Waals surface area contributed by atoms with E-state index >= 15 is 0 Å². The van der Waals surface area contributed by atoms with Crippen LogP contribution in [0.15, 0.2) is 12.1 Å². The number of hydrogen-bond donors (Lipinski definition) is 2. The second-order valence-corrected chi connectivity index (χ2v) is 7.94. The van der Waals surface area contributed by atoms with Crippen LogP contribution in [0.2, 0.25) is 0 Å². The lowest BCUT2D eigenvalue weighted by Crippen LogP contribution is -2.19.